The summed E-state index contributed by atoms with van der Waals surface area (Å²) in [5, 5.41) is 13.0. The minimum atomic E-state index is -1.46. The van der Waals surface area contributed by atoms with Crippen molar-refractivity contribution in [3.63, 3.8) is 0 Å². The summed E-state index contributed by atoms with van der Waals surface area (Å²) >= 11 is 0. The Morgan fingerprint density at radius 1 is 1.02 bits per heavy atom. The molecule has 3 amide bonds. The van der Waals surface area contributed by atoms with E-state index in [9.17, 15) is 33.5 Å². The molecule has 6 rings (SSSR count). The highest BCUT2D eigenvalue weighted by atomic mass is 19.1. The van der Waals surface area contributed by atoms with Crippen molar-refractivity contribution in [1.82, 2.24) is 15.1 Å². The van der Waals surface area contributed by atoms with Crippen LogP contribution in [0.1, 0.15) is 76.1 Å². The van der Waals surface area contributed by atoms with Gasteiger partial charge in [0.25, 0.3) is 5.91 Å². The predicted molar refractivity (Wildman–Crippen MR) is 183 cm³/mol. The fourth-order valence-corrected chi connectivity index (χ4v) is 7.95. The third-order valence-corrected chi connectivity index (χ3v) is 10.5. The van der Waals surface area contributed by atoms with Gasteiger partial charge in [-0.05, 0) is 70.2 Å². The minimum Gasteiger partial charge on any atom is -0.479 e. The maximum absolute atomic E-state index is 14.6. The molecular weight excluding hydrogens is 641 g/mol. The Morgan fingerprint density at radius 2 is 1.80 bits per heavy atom. The first-order chi connectivity index (χ1) is 23.8. The fraction of sp³-hybridized carbons (Fsp3) is 0.513. The number of fused-ring (bicyclic) bond motifs is 4. The number of nitrogens with zero attached hydrogens (tertiary/aromatic N) is 2. The van der Waals surface area contributed by atoms with Crippen LogP contribution in [0.3, 0.4) is 0 Å². The van der Waals surface area contributed by atoms with E-state index in [1.54, 1.807) is 68.1 Å². The van der Waals surface area contributed by atoms with Crippen molar-refractivity contribution < 1.29 is 38.2 Å². The number of carbonyl (C=O) groups excluding carboxylic acids is 4. The molecule has 2 aromatic carbocycles. The quantitative estimate of drug-likeness (QED) is 0.325. The molecule has 50 heavy (non-hydrogen) atoms. The van der Waals surface area contributed by atoms with Crippen molar-refractivity contribution in [3.8, 4) is 11.1 Å². The summed E-state index contributed by atoms with van der Waals surface area (Å²) in [5.41, 5.74) is -0.869. The number of hydrogen-bond donors (Lipinski definition) is 2. The molecule has 0 bridgehead atoms. The Labute approximate surface area is 292 Å². The number of esters is 1. The second-order valence-corrected chi connectivity index (χ2v) is 15.3. The van der Waals surface area contributed by atoms with Gasteiger partial charge in [-0.25, -0.2) is 9.18 Å². The van der Waals surface area contributed by atoms with Crippen LogP contribution in [-0.4, -0.2) is 81.4 Å². The van der Waals surface area contributed by atoms with E-state index < -0.39 is 52.7 Å². The van der Waals surface area contributed by atoms with Crippen LogP contribution in [0, 0.1) is 29.5 Å². The lowest BCUT2D eigenvalue weighted by molar-refractivity contribution is -0.159. The van der Waals surface area contributed by atoms with E-state index >= 15 is 0 Å². The average molecular weight is 688 g/mol. The van der Waals surface area contributed by atoms with E-state index in [0.29, 0.717) is 29.5 Å². The van der Waals surface area contributed by atoms with Crippen LogP contribution in [-0.2, 0) is 23.9 Å². The number of aliphatic carboxylic acids is 1. The molecule has 1 aliphatic carbocycles. The summed E-state index contributed by atoms with van der Waals surface area (Å²) in [4.78, 5) is 71.2. The van der Waals surface area contributed by atoms with Crippen molar-refractivity contribution in [2.24, 2.45) is 23.7 Å². The minimum absolute atomic E-state index is 0.125. The van der Waals surface area contributed by atoms with Gasteiger partial charge in [0.15, 0.2) is 0 Å². The number of carbonyl (C=O) groups is 5. The number of carboxylic acids is 1. The van der Waals surface area contributed by atoms with Gasteiger partial charge in [0, 0.05) is 54.4 Å². The topological polar surface area (TPSA) is 133 Å². The van der Waals surface area contributed by atoms with Crippen LogP contribution in [0.2, 0.25) is 0 Å². The number of benzene rings is 2. The lowest BCUT2D eigenvalue weighted by atomic mass is 9.92. The Hall–Kier alpha value is -4.54. The SMILES string of the molecule is CC(C)(C)OC(=O)C[C@@H]1CCCCC/C=C\[C@@H]2C[C@@]2(C(=O)O)NC(=O)[C@@H]2[C@H]3CN(C(=O)c4cccc(-c5ccccc5F)c4)C[C@H]3CN2C1=O. The highest BCUT2D eigenvalue weighted by molar-refractivity contribution is 5.97. The van der Waals surface area contributed by atoms with Gasteiger partial charge in [-0.3, -0.25) is 19.2 Å². The monoisotopic (exact) mass is 687 g/mol. The Balaban J connectivity index is 1.28. The van der Waals surface area contributed by atoms with Crippen LogP contribution < -0.4 is 5.32 Å². The number of nitrogens with one attached hydrogen (secondary N) is 1. The van der Waals surface area contributed by atoms with E-state index in [4.69, 9.17) is 4.74 Å². The first-order valence-corrected chi connectivity index (χ1v) is 17.7. The highest BCUT2D eigenvalue weighted by Crippen LogP contribution is 2.46. The van der Waals surface area contributed by atoms with Gasteiger partial charge in [-0.15, -0.1) is 0 Å². The lowest BCUT2D eigenvalue weighted by Gasteiger charge is -2.32. The van der Waals surface area contributed by atoms with Crippen molar-refractivity contribution in [1.29, 1.82) is 0 Å². The molecule has 0 unspecified atom stereocenters. The van der Waals surface area contributed by atoms with Crippen LogP contribution in [0.25, 0.3) is 11.1 Å². The lowest BCUT2D eigenvalue weighted by Crippen LogP contribution is -2.56. The molecule has 266 valence electrons. The van der Waals surface area contributed by atoms with Gasteiger partial charge in [0.05, 0.1) is 6.42 Å². The number of hydrogen-bond acceptors (Lipinski definition) is 6. The van der Waals surface area contributed by atoms with Crippen molar-refractivity contribution in [3.05, 3.63) is 72.1 Å². The molecule has 0 radical (unpaired) electrons. The number of allylic oxidation sites excluding steroid dienone is 1. The van der Waals surface area contributed by atoms with Crippen LogP contribution in [0.4, 0.5) is 4.39 Å². The molecule has 2 saturated heterocycles. The molecular formula is C39H46FN3O7. The predicted octanol–water partition coefficient (Wildman–Crippen LogP) is 5.22. The average Bonchev–Trinajstić information content (AvgIpc) is 3.41. The molecule has 3 aliphatic heterocycles. The van der Waals surface area contributed by atoms with Gasteiger partial charge in [0.2, 0.25) is 11.8 Å². The molecule has 10 nitrogen and oxygen atoms in total. The third kappa shape index (κ3) is 7.32. The molecule has 2 N–H and O–H groups in total. The van der Waals surface area contributed by atoms with Gasteiger partial charge >= 0.3 is 11.9 Å². The molecule has 4 aliphatic rings. The Morgan fingerprint density at radius 3 is 2.54 bits per heavy atom. The van der Waals surface area contributed by atoms with Crippen LogP contribution >= 0.6 is 0 Å². The third-order valence-electron chi connectivity index (χ3n) is 10.5. The number of likely N-dealkylation sites (tertiary alicyclic amines) is 1. The van der Waals surface area contributed by atoms with Crippen LogP contribution in [0.15, 0.2) is 60.7 Å². The molecule has 2 aromatic rings. The largest absolute Gasteiger partial charge is 0.479 e. The zero-order valence-electron chi connectivity index (χ0n) is 28.9. The number of halogens is 1. The summed E-state index contributed by atoms with van der Waals surface area (Å²) in [7, 11) is 0. The smallest absolute Gasteiger partial charge is 0.330 e. The van der Waals surface area contributed by atoms with E-state index in [1.165, 1.54) is 11.0 Å². The number of amides is 3. The zero-order valence-corrected chi connectivity index (χ0v) is 28.9. The van der Waals surface area contributed by atoms with Crippen molar-refractivity contribution >= 4 is 29.7 Å². The van der Waals surface area contributed by atoms with Gasteiger partial charge < -0.3 is 25.0 Å². The normalized spacial score (nSPS) is 29.1. The first-order valence-electron chi connectivity index (χ1n) is 17.7. The molecule has 6 atom stereocenters. The van der Waals surface area contributed by atoms with E-state index in [-0.39, 0.29) is 56.1 Å². The number of carboxylic acid groups (broad SMARTS) is 1. The highest BCUT2D eigenvalue weighted by Gasteiger charge is 2.62. The second-order valence-electron chi connectivity index (χ2n) is 15.3. The van der Waals surface area contributed by atoms with Gasteiger partial charge in [-0.1, -0.05) is 55.3 Å². The van der Waals surface area contributed by atoms with Crippen LogP contribution in [0.5, 0.6) is 0 Å². The molecule has 11 heteroatoms. The summed E-state index contributed by atoms with van der Waals surface area (Å²) < 4.78 is 20.1. The fourth-order valence-electron chi connectivity index (χ4n) is 7.95. The zero-order chi connectivity index (χ0) is 35.8. The van der Waals surface area contributed by atoms with Gasteiger partial charge in [0.1, 0.15) is 23.0 Å². The van der Waals surface area contributed by atoms with E-state index in [2.05, 4.69) is 5.32 Å². The summed E-state index contributed by atoms with van der Waals surface area (Å²) in [5.74, 6) is -4.94. The number of rotatable bonds is 5. The first kappa shape index (κ1) is 35.3. The van der Waals surface area contributed by atoms with Crippen molar-refractivity contribution in [2.75, 3.05) is 19.6 Å². The molecule has 0 aromatic heterocycles. The molecule has 0 spiro atoms. The second kappa shape index (κ2) is 14.0. The number of ether oxygens (including phenoxy) is 1. The summed E-state index contributed by atoms with van der Waals surface area (Å²) in [6.07, 6.45) is 7.55. The molecule has 3 heterocycles. The standard InChI is InChI=1S/C39H46FN3O7/c1-38(2,3)50-32(44)19-26-12-7-5-4-6-8-15-28-20-39(28,37(48)49)41-34(45)33-30-23-42(21-27(30)22-43(33)36(26)47)35(46)25-14-11-13-24(18-25)29-16-9-10-17-31(29)40/h8-11,13-18,26-28,30,33H,4-7,12,19-23H2,1-3H3,(H,41,45)(H,48,49)/b15-8-/t26-,27-,28+,30-,33-,39+/m0/s1. The maximum atomic E-state index is 14.6. The van der Waals surface area contributed by atoms with E-state index in [1.807, 2.05) is 12.2 Å². The Kier molecular flexibility index (Phi) is 9.88. The molecule has 3 fully saturated rings. The maximum Gasteiger partial charge on any atom is 0.330 e. The van der Waals surface area contributed by atoms with Crippen molar-refractivity contribution in [2.45, 2.75) is 82.9 Å². The summed E-state index contributed by atoms with van der Waals surface area (Å²) in [6, 6.07) is 12.1. The van der Waals surface area contributed by atoms with Gasteiger partial charge in [-0.2, -0.15) is 0 Å². The van der Waals surface area contributed by atoms with E-state index in [0.717, 1.165) is 19.3 Å². The summed E-state index contributed by atoms with van der Waals surface area (Å²) in [6.45, 7) is 5.96. The Bertz CT molecular complexity index is 1700. The molecule has 1 saturated carbocycles.